The third-order valence-electron chi connectivity index (χ3n) is 6.30. The lowest BCUT2D eigenvalue weighted by molar-refractivity contribution is -0.129. The number of piperidine rings is 1. The van der Waals surface area contributed by atoms with Gasteiger partial charge in [-0.25, -0.2) is 14.2 Å². The fourth-order valence-electron chi connectivity index (χ4n) is 4.17. The third kappa shape index (κ3) is 6.15. The first-order chi connectivity index (χ1) is 18.2. The summed E-state index contributed by atoms with van der Waals surface area (Å²) in [5.41, 5.74) is 5.89. The number of aromatic nitrogens is 1. The molecule has 2 aliphatic rings. The average molecular weight is 525 g/mol. The quantitative estimate of drug-likeness (QED) is 0.414. The number of nitrogens with zero attached hydrogens (tertiary/aromatic N) is 3. The first-order valence-electron chi connectivity index (χ1n) is 11.8. The summed E-state index contributed by atoms with van der Waals surface area (Å²) in [6.45, 7) is 1.09. The summed E-state index contributed by atoms with van der Waals surface area (Å²) >= 11 is 0. The number of rotatable bonds is 6. The topological polar surface area (TPSA) is 174 Å². The summed E-state index contributed by atoms with van der Waals surface area (Å²) in [6.07, 6.45) is -1.61. The van der Waals surface area contributed by atoms with Crippen molar-refractivity contribution >= 4 is 29.6 Å². The Morgan fingerprint density at radius 3 is 2.55 bits per heavy atom. The number of amides is 4. The monoisotopic (exact) mass is 524 g/mol. The SMILES string of the molecule is CC(=O)NNC(=O)[C@@H]1C[C@H]1C(=O)Nc1cc(-c2ccc(O[C@H]3CCN(C(=O)O)C[C@H]3F)c(C#N)c2)ccn1. The van der Waals surface area contributed by atoms with Crippen LogP contribution in [-0.2, 0) is 14.4 Å². The summed E-state index contributed by atoms with van der Waals surface area (Å²) in [5.74, 6) is -1.90. The van der Waals surface area contributed by atoms with E-state index in [1.165, 1.54) is 13.1 Å². The molecule has 2 fully saturated rings. The van der Waals surface area contributed by atoms with Gasteiger partial charge in [0.1, 0.15) is 23.7 Å². The van der Waals surface area contributed by atoms with Gasteiger partial charge in [0, 0.05) is 26.1 Å². The number of carbonyl (C=O) groups is 4. The number of benzene rings is 1. The number of likely N-dealkylation sites (tertiary alicyclic amines) is 1. The standard InChI is InChI=1S/C25H25FN6O6/c1-13(33)30-31-24(35)18-10-17(18)23(34)29-22-9-15(4-6-28-22)14-2-3-20(16(8-14)11-27)38-21-5-7-32(25(36)37)12-19(21)26/h2-4,6,8-9,17-19,21H,5,7,10,12H2,1H3,(H,30,33)(H,31,35)(H,36,37)(H,28,29,34)/t17-,18-,19-,21+/m1/s1. The molecule has 12 nitrogen and oxygen atoms in total. The number of alkyl halides is 1. The molecule has 1 aliphatic carbocycles. The van der Waals surface area contributed by atoms with Crippen molar-refractivity contribution in [3.05, 3.63) is 42.1 Å². The van der Waals surface area contributed by atoms with E-state index < -0.39 is 42.0 Å². The van der Waals surface area contributed by atoms with E-state index in [9.17, 15) is 28.8 Å². The Morgan fingerprint density at radius 2 is 1.87 bits per heavy atom. The minimum Gasteiger partial charge on any atom is -0.486 e. The molecule has 0 unspecified atom stereocenters. The van der Waals surface area contributed by atoms with Crippen LogP contribution in [0.1, 0.15) is 25.3 Å². The number of anilines is 1. The highest BCUT2D eigenvalue weighted by molar-refractivity contribution is 5.99. The second-order valence-electron chi connectivity index (χ2n) is 9.05. The zero-order chi connectivity index (χ0) is 27.4. The van der Waals surface area contributed by atoms with Crippen LogP contribution in [-0.4, -0.2) is 64.2 Å². The van der Waals surface area contributed by atoms with Crippen LogP contribution in [0.15, 0.2) is 36.5 Å². The van der Waals surface area contributed by atoms with Crippen molar-refractivity contribution in [3.63, 3.8) is 0 Å². The number of halogens is 1. The Kier molecular flexibility index (Phi) is 7.71. The first-order valence-corrected chi connectivity index (χ1v) is 11.8. The van der Waals surface area contributed by atoms with Gasteiger partial charge in [0.05, 0.1) is 23.9 Å². The van der Waals surface area contributed by atoms with Crippen molar-refractivity contribution in [1.29, 1.82) is 5.26 Å². The summed E-state index contributed by atoms with van der Waals surface area (Å²) < 4.78 is 20.2. The lowest BCUT2D eigenvalue weighted by atomic mass is 10.0. The maximum atomic E-state index is 14.5. The van der Waals surface area contributed by atoms with Gasteiger partial charge in [-0.1, -0.05) is 6.07 Å². The van der Waals surface area contributed by atoms with Crippen LogP contribution in [0, 0.1) is 23.2 Å². The molecule has 4 N–H and O–H groups in total. The molecule has 1 saturated carbocycles. The molecular weight excluding hydrogens is 499 g/mol. The van der Waals surface area contributed by atoms with E-state index in [1.54, 1.807) is 30.3 Å². The largest absolute Gasteiger partial charge is 0.486 e. The van der Waals surface area contributed by atoms with Crippen molar-refractivity contribution in [2.75, 3.05) is 18.4 Å². The Morgan fingerprint density at radius 1 is 1.13 bits per heavy atom. The second-order valence-corrected chi connectivity index (χ2v) is 9.05. The van der Waals surface area contributed by atoms with Crippen molar-refractivity contribution < 1.29 is 33.4 Å². The number of ether oxygens (including phenoxy) is 1. The van der Waals surface area contributed by atoms with Crippen LogP contribution >= 0.6 is 0 Å². The highest BCUT2D eigenvalue weighted by Crippen LogP contribution is 2.39. The zero-order valence-corrected chi connectivity index (χ0v) is 20.3. The van der Waals surface area contributed by atoms with E-state index in [2.05, 4.69) is 21.2 Å². The van der Waals surface area contributed by atoms with Gasteiger partial charge in [0.15, 0.2) is 6.17 Å². The van der Waals surface area contributed by atoms with E-state index in [0.29, 0.717) is 17.5 Å². The number of carbonyl (C=O) groups excluding carboxylic acids is 3. The molecule has 0 radical (unpaired) electrons. The van der Waals surface area contributed by atoms with Gasteiger partial charge in [0.2, 0.25) is 17.7 Å². The molecule has 1 saturated heterocycles. The average Bonchev–Trinajstić information content (AvgIpc) is 3.70. The third-order valence-corrected chi connectivity index (χ3v) is 6.30. The number of nitrogens with one attached hydrogen (secondary N) is 3. The lowest BCUT2D eigenvalue weighted by Crippen LogP contribution is -2.48. The second kappa shape index (κ2) is 11.1. The molecule has 4 rings (SSSR count). The fraction of sp³-hybridized carbons (Fsp3) is 0.360. The van der Waals surface area contributed by atoms with E-state index in [0.717, 1.165) is 4.90 Å². The zero-order valence-electron chi connectivity index (χ0n) is 20.3. The molecule has 0 spiro atoms. The maximum Gasteiger partial charge on any atom is 0.407 e. The first kappa shape index (κ1) is 26.3. The molecule has 1 aromatic carbocycles. The van der Waals surface area contributed by atoms with Crippen LogP contribution in [0.2, 0.25) is 0 Å². The van der Waals surface area contributed by atoms with Crippen molar-refractivity contribution in [2.24, 2.45) is 11.8 Å². The molecule has 2 aromatic rings. The van der Waals surface area contributed by atoms with Crippen molar-refractivity contribution in [1.82, 2.24) is 20.7 Å². The van der Waals surface area contributed by atoms with Gasteiger partial charge in [-0.3, -0.25) is 25.2 Å². The molecule has 1 aliphatic heterocycles. The van der Waals surface area contributed by atoms with Gasteiger partial charge in [-0.05, 0) is 41.8 Å². The number of hydrogen-bond acceptors (Lipinski definition) is 7. The molecule has 4 atom stereocenters. The Hall–Kier alpha value is -4.73. The minimum atomic E-state index is -1.53. The molecule has 198 valence electrons. The van der Waals surface area contributed by atoms with Crippen LogP contribution in [0.4, 0.5) is 15.0 Å². The van der Waals surface area contributed by atoms with Gasteiger partial charge < -0.3 is 20.1 Å². The van der Waals surface area contributed by atoms with Gasteiger partial charge in [-0.2, -0.15) is 5.26 Å². The number of carboxylic acid groups (broad SMARTS) is 1. The van der Waals surface area contributed by atoms with Crippen LogP contribution in [0.5, 0.6) is 5.75 Å². The number of hydrazine groups is 1. The van der Waals surface area contributed by atoms with E-state index >= 15 is 0 Å². The van der Waals surface area contributed by atoms with Crippen LogP contribution in [0.25, 0.3) is 11.1 Å². The number of nitriles is 1. The molecule has 4 amide bonds. The van der Waals surface area contributed by atoms with Crippen LogP contribution < -0.4 is 20.9 Å². The van der Waals surface area contributed by atoms with Gasteiger partial charge >= 0.3 is 6.09 Å². The van der Waals surface area contributed by atoms with Crippen LogP contribution in [0.3, 0.4) is 0 Å². The maximum absolute atomic E-state index is 14.5. The highest BCUT2D eigenvalue weighted by Gasteiger charge is 2.48. The molecule has 0 bridgehead atoms. The molecule has 13 heteroatoms. The highest BCUT2D eigenvalue weighted by atomic mass is 19.1. The predicted molar refractivity (Wildman–Crippen MR) is 130 cm³/mol. The fourth-order valence-corrected chi connectivity index (χ4v) is 4.17. The Balaban J connectivity index is 1.40. The van der Waals surface area contributed by atoms with E-state index in [4.69, 9.17) is 9.84 Å². The Labute approximate surface area is 216 Å². The summed E-state index contributed by atoms with van der Waals surface area (Å²) in [7, 11) is 0. The molecule has 2 heterocycles. The molecular formula is C25H25FN6O6. The minimum absolute atomic E-state index is 0.132. The molecule has 38 heavy (non-hydrogen) atoms. The lowest BCUT2D eigenvalue weighted by Gasteiger charge is -2.33. The normalized spacial score (nSPS) is 22.0. The predicted octanol–water partition coefficient (Wildman–Crippen LogP) is 1.83. The smallest absolute Gasteiger partial charge is 0.407 e. The summed E-state index contributed by atoms with van der Waals surface area (Å²) in [5, 5.41) is 21.4. The van der Waals surface area contributed by atoms with Gasteiger partial charge in [-0.15, -0.1) is 0 Å². The summed E-state index contributed by atoms with van der Waals surface area (Å²) in [6, 6.07) is 10.1. The van der Waals surface area contributed by atoms with E-state index in [-0.39, 0.29) is 42.5 Å². The van der Waals surface area contributed by atoms with Crippen molar-refractivity contribution in [2.45, 2.75) is 32.0 Å². The van der Waals surface area contributed by atoms with E-state index in [1.807, 2.05) is 6.07 Å². The molecule has 1 aromatic heterocycles. The summed E-state index contributed by atoms with van der Waals surface area (Å²) in [4.78, 5) is 51.6. The van der Waals surface area contributed by atoms with Crippen molar-refractivity contribution in [3.8, 4) is 22.9 Å². The Bertz CT molecular complexity index is 1310. The number of pyridine rings is 1. The number of hydrogen-bond donors (Lipinski definition) is 4. The van der Waals surface area contributed by atoms with Gasteiger partial charge in [0.25, 0.3) is 0 Å².